The number of hydrogen-bond donors (Lipinski definition) is 0. The highest BCUT2D eigenvalue weighted by atomic mass is 79.9. The van der Waals surface area contributed by atoms with Crippen LogP contribution in [0.25, 0.3) is 11.0 Å². The Balaban J connectivity index is 2.44. The number of aryl methyl sites for hydroxylation is 1. The first-order chi connectivity index (χ1) is 8.27. The van der Waals surface area contributed by atoms with Gasteiger partial charge in [-0.1, -0.05) is 22.9 Å². The smallest absolute Gasteiger partial charge is 0.163 e. The van der Waals surface area contributed by atoms with Crippen LogP contribution in [-0.2, 0) is 7.05 Å². The quantitative estimate of drug-likeness (QED) is 0.792. The lowest BCUT2D eigenvalue weighted by Gasteiger charge is -2.22. The van der Waals surface area contributed by atoms with Gasteiger partial charge in [-0.3, -0.25) is 4.68 Å². The van der Waals surface area contributed by atoms with Crippen LogP contribution in [0.2, 0.25) is 0 Å². The molecule has 6 heteroatoms. The van der Waals surface area contributed by atoms with Crippen molar-refractivity contribution in [2.75, 3.05) is 23.3 Å². The van der Waals surface area contributed by atoms with E-state index in [-0.39, 0.29) is 0 Å². The zero-order valence-corrected chi connectivity index (χ0v) is 11.7. The number of aromatic nitrogens is 4. The van der Waals surface area contributed by atoms with E-state index >= 15 is 0 Å². The molecule has 0 aliphatic carbocycles. The van der Waals surface area contributed by atoms with Gasteiger partial charge in [0.15, 0.2) is 5.65 Å². The van der Waals surface area contributed by atoms with Crippen molar-refractivity contribution >= 4 is 32.8 Å². The molecule has 17 heavy (non-hydrogen) atoms. The summed E-state index contributed by atoms with van der Waals surface area (Å²) >= 11 is 3.48. The highest BCUT2D eigenvalue weighted by Crippen LogP contribution is 2.22. The van der Waals surface area contributed by atoms with Crippen LogP contribution in [0, 0.1) is 0 Å². The molecule has 0 atom stereocenters. The van der Waals surface area contributed by atoms with Crippen molar-refractivity contribution in [2.45, 2.75) is 13.3 Å². The molecule has 0 unspecified atom stereocenters. The van der Waals surface area contributed by atoms with Crippen LogP contribution in [0.4, 0.5) is 5.82 Å². The van der Waals surface area contributed by atoms with E-state index in [0.29, 0.717) is 0 Å². The van der Waals surface area contributed by atoms with Crippen LogP contribution in [0.1, 0.15) is 13.3 Å². The summed E-state index contributed by atoms with van der Waals surface area (Å²) in [7, 11) is 1.90. The topological polar surface area (TPSA) is 46.8 Å². The average molecular weight is 298 g/mol. The van der Waals surface area contributed by atoms with Gasteiger partial charge < -0.3 is 4.90 Å². The lowest BCUT2D eigenvalue weighted by atomic mass is 10.3. The lowest BCUT2D eigenvalue weighted by Crippen LogP contribution is -2.27. The van der Waals surface area contributed by atoms with Crippen molar-refractivity contribution in [2.24, 2.45) is 7.05 Å². The minimum Gasteiger partial charge on any atom is -0.355 e. The summed E-state index contributed by atoms with van der Waals surface area (Å²) in [4.78, 5) is 10.9. The molecule has 2 aromatic heterocycles. The normalized spacial score (nSPS) is 11.0. The molecule has 0 bridgehead atoms. The largest absolute Gasteiger partial charge is 0.355 e. The Hall–Kier alpha value is -1.17. The Morgan fingerprint density at radius 1 is 1.35 bits per heavy atom. The summed E-state index contributed by atoms with van der Waals surface area (Å²) in [6.45, 7) is 4.10. The maximum atomic E-state index is 4.40. The van der Waals surface area contributed by atoms with E-state index in [0.717, 1.165) is 41.7 Å². The first-order valence-electron chi connectivity index (χ1n) is 5.71. The summed E-state index contributed by atoms with van der Waals surface area (Å²) in [5, 5.41) is 6.18. The second-order valence-corrected chi connectivity index (χ2v) is 4.67. The van der Waals surface area contributed by atoms with Crippen LogP contribution in [-0.4, -0.2) is 38.2 Å². The van der Waals surface area contributed by atoms with Crippen LogP contribution < -0.4 is 4.90 Å². The summed E-state index contributed by atoms with van der Waals surface area (Å²) in [6, 6.07) is 0. The van der Waals surface area contributed by atoms with Crippen molar-refractivity contribution in [3.05, 3.63) is 12.5 Å². The van der Waals surface area contributed by atoms with Crippen molar-refractivity contribution in [3.8, 4) is 0 Å². The fourth-order valence-electron chi connectivity index (χ4n) is 1.90. The van der Waals surface area contributed by atoms with E-state index in [9.17, 15) is 0 Å². The minimum atomic E-state index is 0.880. The Labute approximate surface area is 109 Å². The van der Waals surface area contributed by atoms with Gasteiger partial charge in [0, 0.05) is 25.5 Å². The van der Waals surface area contributed by atoms with Crippen LogP contribution in [0.3, 0.4) is 0 Å². The summed E-state index contributed by atoms with van der Waals surface area (Å²) in [6.07, 6.45) is 4.54. The van der Waals surface area contributed by atoms with Gasteiger partial charge in [0.2, 0.25) is 0 Å². The van der Waals surface area contributed by atoms with E-state index in [1.807, 2.05) is 13.2 Å². The fourth-order valence-corrected chi connectivity index (χ4v) is 2.33. The molecule has 2 heterocycles. The Kier molecular flexibility index (Phi) is 3.93. The molecule has 0 amide bonds. The number of nitrogens with zero attached hydrogens (tertiary/aromatic N) is 5. The molecular formula is C11H16BrN5. The van der Waals surface area contributed by atoms with E-state index in [4.69, 9.17) is 0 Å². The highest BCUT2D eigenvalue weighted by Gasteiger charge is 2.13. The monoisotopic (exact) mass is 297 g/mol. The molecule has 0 saturated carbocycles. The van der Waals surface area contributed by atoms with Gasteiger partial charge >= 0.3 is 0 Å². The Morgan fingerprint density at radius 3 is 2.88 bits per heavy atom. The standard InChI is InChI=1S/C11H16BrN5/c1-3-5-17(6-4-12)11-9-7-15-16(2)10(9)13-8-14-11/h7-8H,3-6H2,1-2H3. The van der Waals surface area contributed by atoms with Gasteiger partial charge in [0.25, 0.3) is 0 Å². The average Bonchev–Trinajstić information content (AvgIpc) is 2.71. The highest BCUT2D eigenvalue weighted by molar-refractivity contribution is 9.09. The molecule has 0 aromatic carbocycles. The maximum Gasteiger partial charge on any atom is 0.163 e. The SMILES string of the molecule is CCCN(CCBr)c1ncnc2c1cnn2C. The first-order valence-corrected chi connectivity index (χ1v) is 6.83. The zero-order valence-electron chi connectivity index (χ0n) is 10.1. The van der Waals surface area contributed by atoms with Gasteiger partial charge in [-0.15, -0.1) is 0 Å². The molecule has 0 spiro atoms. The van der Waals surface area contributed by atoms with Crippen molar-refractivity contribution < 1.29 is 0 Å². The predicted molar refractivity (Wildman–Crippen MR) is 72.6 cm³/mol. The van der Waals surface area contributed by atoms with Gasteiger partial charge in [-0.25, -0.2) is 9.97 Å². The third kappa shape index (κ3) is 2.41. The molecule has 0 saturated heterocycles. The molecule has 0 aliphatic heterocycles. The predicted octanol–water partition coefficient (Wildman–Crippen LogP) is 1.97. The fraction of sp³-hybridized carbons (Fsp3) is 0.545. The third-order valence-electron chi connectivity index (χ3n) is 2.66. The van der Waals surface area contributed by atoms with Crippen LogP contribution >= 0.6 is 15.9 Å². The van der Waals surface area contributed by atoms with Crippen LogP contribution in [0.5, 0.6) is 0 Å². The van der Waals surface area contributed by atoms with E-state index < -0.39 is 0 Å². The summed E-state index contributed by atoms with van der Waals surface area (Å²) in [5.74, 6) is 0.976. The molecule has 0 fully saturated rings. The number of anilines is 1. The second kappa shape index (κ2) is 5.44. The summed E-state index contributed by atoms with van der Waals surface area (Å²) < 4.78 is 1.78. The van der Waals surface area contributed by atoms with Gasteiger partial charge in [-0.05, 0) is 6.42 Å². The van der Waals surface area contributed by atoms with E-state index in [1.165, 1.54) is 0 Å². The number of alkyl halides is 1. The number of halogens is 1. The molecule has 2 aromatic rings. The molecule has 0 aliphatic rings. The van der Waals surface area contributed by atoms with Crippen molar-refractivity contribution in [3.63, 3.8) is 0 Å². The molecule has 92 valence electrons. The zero-order chi connectivity index (χ0) is 12.3. The van der Waals surface area contributed by atoms with E-state index in [1.54, 1.807) is 11.0 Å². The molecule has 5 nitrogen and oxygen atoms in total. The Morgan fingerprint density at radius 2 is 2.18 bits per heavy atom. The maximum absolute atomic E-state index is 4.40. The van der Waals surface area contributed by atoms with Gasteiger partial charge in [-0.2, -0.15) is 5.10 Å². The van der Waals surface area contributed by atoms with Crippen molar-refractivity contribution in [1.29, 1.82) is 0 Å². The Bertz CT molecular complexity index is 490. The molecule has 0 N–H and O–H groups in total. The first kappa shape index (κ1) is 12.3. The van der Waals surface area contributed by atoms with Crippen LogP contribution in [0.15, 0.2) is 12.5 Å². The molecule has 2 rings (SSSR count). The number of fused-ring (bicyclic) bond motifs is 1. The minimum absolute atomic E-state index is 0.880. The lowest BCUT2D eigenvalue weighted by molar-refractivity contribution is 0.778. The molecule has 0 radical (unpaired) electrons. The second-order valence-electron chi connectivity index (χ2n) is 3.88. The number of rotatable bonds is 5. The molecular weight excluding hydrogens is 282 g/mol. The van der Waals surface area contributed by atoms with Gasteiger partial charge in [0.05, 0.1) is 11.6 Å². The van der Waals surface area contributed by atoms with Crippen molar-refractivity contribution in [1.82, 2.24) is 19.7 Å². The third-order valence-corrected chi connectivity index (χ3v) is 3.01. The van der Waals surface area contributed by atoms with Gasteiger partial charge in [0.1, 0.15) is 12.1 Å². The number of hydrogen-bond acceptors (Lipinski definition) is 4. The van der Waals surface area contributed by atoms with E-state index in [2.05, 4.69) is 42.8 Å². The summed E-state index contributed by atoms with van der Waals surface area (Å²) in [5.41, 5.74) is 0.880.